The van der Waals surface area contributed by atoms with Crippen LogP contribution in [0.2, 0.25) is 0 Å². The van der Waals surface area contributed by atoms with Gasteiger partial charge in [0.25, 0.3) is 0 Å². The van der Waals surface area contributed by atoms with E-state index >= 15 is 0 Å². The molecule has 3 rings (SSSR count). The van der Waals surface area contributed by atoms with Crippen molar-refractivity contribution < 1.29 is 5.11 Å². The number of hydrogen-bond donors (Lipinski definition) is 3. The molecule has 3 aromatic rings. The molecule has 5 heteroatoms. The first-order valence-corrected chi connectivity index (χ1v) is 6.09. The molecule has 0 bridgehead atoms. The quantitative estimate of drug-likeness (QED) is 0.665. The minimum Gasteiger partial charge on any atom is -0.508 e. The number of hydrogen-bond acceptors (Lipinski definition) is 4. The Morgan fingerprint density at radius 3 is 3.00 bits per heavy atom. The topological polar surface area (TPSA) is 87.8 Å². The van der Waals surface area contributed by atoms with Gasteiger partial charge >= 0.3 is 0 Å². The molecule has 4 N–H and O–H groups in total. The number of benzene rings is 1. The lowest BCUT2D eigenvalue weighted by molar-refractivity contribution is 0.476. The van der Waals surface area contributed by atoms with Crippen molar-refractivity contribution in [2.75, 3.05) is 6.54 Å². The first kappa shape index (κ1) is 11.7. The molecule has 0 spiro atoms. The molecule has 0 atom stereocenters. The fraction of sp³-hybridized carbons (Fsp3) is 0.143. The Balaban J connectivity index is 2.11. The standard InChI is InChI=1S/C14H14N4O/c15-4-3-9-6-16-8-14(18-9)12-7-17-13-5-10(19)1-2-11(12)13/h1-2,5-8,17,19H,3-4,15H2. The lowest BCUT2D eigenvalue weighted by Gasteiger charge is -2.02. The van der Waals surface area contributed by atoms with Gasteiger partial charge in [0, 0.05) is 41.3 Å². The molecule has 2 heterocycles. The van der Waals surface area contributed by atoms with E-state index in [2.05, 4.69) is 15.0 Å². The Hall–Kier alpha value is -2.40. The van der Waals surface area contributed by atoms with Gasteiger partial charge in [-0.25, -0.2) is 4.98 Å². The van der Waals surface area contributed by atoms with E-state index in [0.717, 1.165) is 27.9 Å². The molecule has 0 radical (unpaired) electrons. The van der Waals surface area contributed by atoms with Crippen LogP contribution in [-0.2, 0) is 6.42 Å². The Morgan fingerprint density at radius 2 is 2.16 bits per heavy atom. The van der Waals surface area contributed by atoms with Gasteiger partial charge in [-0.15, -0.1) is 0 Å². The maximum absolute atomic E-state index is 9.46. The number of phenolic OH excluding ortho intramolecular Hbond substituents is 1. The summed E-state index contributed by atoms with van der Waals surface area (Å²) in [5.41, 5.74) is 9.07. The van der Waals surface area contributed by atoms with Crippen LogP contribution >= 0.6 is 0 Å². The molecule has 0 fully saturated rings. The fourth-order valence-corrected chi connectivity index (χ4v) is 2.13. The zero-order valence-electron chi connectivity index (χ0n) is 10.3. The highest BCUT2D eigenvalue weighted by Gasteiger charge is 2.08. The number of nitrogens with two attached hydrogens (primary N) is 1. The highest BCUT2D eigenvalue weighted by Crippen LogP contribution is 2.29. The molecule has 0 saturated heterocycles. The van der Waals surface area contributed by atoms with E-state index in [4.69, 9.17) is 5.73 Å². The summed E-state index contributed by atoms with van der Waals surface area (Å²) in [7, 11) is 0. The number of nitrogens with zero attached hydrogens (tertiary/aromatic N) is 2. The van der Waals surface area contributed by atoms with Gasteiger partial charge in [0.1, 0.15) is 5.75 Å². The van der Waals surface area contributed by atoms with Crippen LogP contribution in [0, 0.1) is 0 Å². The summed E-state index contributed by atoms with van der Waals surface area (Å²) in [4.78, 5) is 11.9. The number of nitrogens with one attached hydrogen (secondary N) is 1. The van der Waals surface area contributed by atoms with Gasteiger partial charge in [0.15, 0.2) is 0 Å². The maximum Gasteiger partial charge on any atom is 0.117 e. The van der Waals surface area contributed by atoms with Gasteiger partial charge < -0.3 is 15.8 Å². The zero-order valence-corrected chi connectivity index (χ0v) is 10.3. The molecule has 0 saturated carbocycles. The van der Waals surface area contributed by atoms with Crippen molar-refractivity contribution in [1.29, 1.82) is 0 Å². The first-order valence-electron chi connectivity index (χ1n) is 6.09. The molecular formula is C14H14N4O. The van der Waals surface area contributed by atoms with Gasteiger partial charge in [-0.3, -0.25) is 4.98 Å². The van der Waals surface area contributed by atoms with Crippen molar-refractivity contribution in [3.05, 3.63) is 42.5 Å². The van der Waals surface area contributed by atoms with E-state index in [0.29, 0.717) is 13.0 Å². The van der Waals surface area contributed by atoms with Gasteiger partial charge in [-0.2, -0.15) is 0 Å². The normalized spacial score (nSPS) is 11.0. The summed E-state index contributed by atoms with van der Waals surface area (Å²) in [6.07, 6.45) is 6.05. The highest BCUT2D eigenvalue weighted by molar-refractivity contribution is 5.95. The second kappa shape index (κ2) is 4.70. The first-order chi connectivity index (χ1) is 9.28. The summed E-state index contributed by atoms with van der Waals surface area (Å²) in [5, 5.41) is 10.5. The molecule has 19 heavy (non-hydrogen) atoms. The van der Waals surface area contributed by atoms with Crippen LogP contribution in [0.4, 0.5) is 0 Å². The van der Waals surface area contributed by atoms with Crippen molar-refractivity contribution in [1.82, 2.24) is 15.0 Å². The van der Waals surface area contributed by atoms with Crippen molar-refractivity contribution in [3.63, 3.8) is 0 Å². The third kappa shape index (κ3) is 2.15. The van der Waals surface area contributed by atoms with Crippen molar-refractivity contribution in [2.45, 2.75) is 6.42 Å². The minimum absolute atomic E-state index is 0.240. The van der Waals surface area contributed by atoms with E-state index in [1.165, 1.54) is 0 Å². The van der Waals surface area contributed by atoms with Crippen LogP contribution in [0.5, 0.6) is 5.75 Å². The highest BCUT2D eigenvalue weighted by atomic mass is 16.3. The predicted molar refractivity (Wildman–Crippen MR) is 73.7 cm³/mol. The van der Waals surface area contributed by atoms with Crippen molar-refractivity contribution >= 4 is 10.9 Å². The number of aromatic nitrogens is 3. The van der Waals surface area contributed by atoms with Crippen LogP contribution in [0.25, 0.3) is 22.2 Å². The van der Waals surface area contributed by atoms with Gasteiger partial charge in [-0.1, -0.05) is 0 Å². The van der Waals surface area contributed by atoms with Crippen LogP contribution in [0.15, 0.2) is 36.8 Å². The van der Waals surface area contributed by atoms with E-state index < -0.39 is 0 Å². The summed E-state index contributed by atoms with van der Waals surface area (Å²) in [6, 6.07) is 5.22. The number of rotatable bonds is 3. The summed E-state index contributed by atoms with van der Waals surface area (Å²) in [5.74, 6) is 0.240. The molecule has 96 valence electrons. The largest absolute Gasteiger partial charge is 0.508 e. The van der Waals surface area contributed by atoms with Gasteiger partial charge in [-0.05, 0) is 18.7 Å². The molecule has 0 unspecified atom stereocenters. The fourth-order valence-electron chi connectivity index (χ4n) is 2.13. The summed E-state index contributed by atoms with van der Waals surface area (Å²) >= 11 is 0. The lowest BCUT2D eigenvalue weighted by atomic mass is 10.1. The number of aromatic amines is 1. The Kier molecular flexibility index (Phi) is 2.89. The minimum atomic E-state index is 0.240. The third-order valence-electron chi connectivity index (χ3n) is 3.03. The average molecular weight is 254 g/mol. The lowest BCUT2D eigenvalue weighted by Crippen LogP contribution is -2.05. The van der Waals surface area contributed by atoms with Crippen LogP contribution in [-0.4, -0.2) is 26.6 Å². The number of aromatic hydroxyl groups is 1. The van der Waals surface area contributed by atoms with Crippen LogP contribution < -0.4 is 5.73 Å². The average Bonchev–Trinajstić information content (AvgIpc) is 2.82. The Labute approximate surface area is 110 Å². The smallest absolute Gasteiger partial charge is 0.117 e. The van der Waals surface area contributed by atoms with Crippen molar-refractivity contribution in [3.8, 4) is 17.0 Å². The number of fused-ring (bicyclic) bond motifs is 1. The maximum atomic E-state index is 9.46. The molecule has 0 aliphatic heterocycles. The SMILES string of the molecule is NCCc1cncc(-c2c[nH]c3cc(O)ccc23)n1. The van der Waals surface area contributed by atoms with E-state index in [9.17, 15) is 5.11 Å². The van der Waals surface area contributed by atoms with E-state index in [-0.39, 0.29) is 5.75 Å². The van der Waals surface area contributed by atoms with Gasteiger partial charge in [0.2, 0.25) is 0 Å². The Morgan fingerprint density at radius 1 is 1.26 bits per heavy atom. The molecule has 0 aliphatic rings. The molecule has 1 aromatic carbocycles. The number of phenols is 1. The second-order valence-electron chi connectivity index (χ2n) is 4.37. The molecular weight excluding hydrogens is 240 g/mol. The summed E-state index contributed by atoms with van der Waals surface area (Å²) < 4.78 is 0. The van der Waals surface area contributed by atoms with Crippen LogP contribution in [0.3, 0.4) is 0 Å². The summed E-state index contributed by atoms with van der Waals surface area (Å²) in [6.45, 7) is 0.555. The van der Waals surface area contributed by atoms with Crippen LogP contribution in [0.1, 0.15) is 5.69 Å². The van der Waals surface area contributed by atoms with Crippen molar-refractivity contribution in [2.24, 2.45) is 5.73 Å². The Bertz CT molecular complexity index is 720. The molecule has 2 aromatic heterocycles. The predicted octanol–water partition coefficient (Wildman–Crippen LogP) is 1.83. The van der Waals surface area contributed by atoms with E-state index in [1.54, 1.807) is 24.5 Å². The molecule has 0 amide bonds. The number of H-pyrrole nitrogens is 1. The second-order valence-corrected chi connectivity index (χ2v) is 4.37. The molecule has 5 nitrogen and oxygen atoms in total. The monoisotopic (exact) mass is 254 g/mol. The third-order valence-corrected chi connectivity index (χ3v) is 3.03. The molecule has 0 aliphatic carbocycles. The van der Waals surface area contributed by atoms with E-state index in [1.807, 2.05) is 12.3 Å². The van der Waals surface area contributed by atoms with Gasteiger partial charge in [0.05, 0.1) is 17.6 Å². The zero-order chi connectivity index (χ0) is 13.2.